The van der Waals surface area contributed by atoms with Crippen molar-refractivity contribution in [3.63, 3.8) is 0 Å². The minimum atomic E-state index is -0.730. The van der Waals surface area contributed by atoms with Gasteiger partial charge in [-0.1, -0.05) is 0 Å². The fourth-order valence-corrected chi connectivity index (χ4v) is 5.45. The van der Waals surface area contributed by atoms with Crippen LogP contribution >= 0.6 is 67.8 Å². The van der Waals surface area contributed by atoms with E-state index < -0.39 is 11.9 Å². The van der Waals surface area contributed by atoms with Gasteiger partial charge >= 0.3 is 0 Å². The summed E-state index contributed by atoms with van der Waals surface area (Å²) >= 11 is 6.69. The van der Waals surface area contributed by atoms with Gasteiger partial charge in [-0.05, 0) is 86.3 Å². The van der Waals surface area contributed by atoms with Gasteiger partial charge in [0.2, 0.25) is 11.8 Å². The van der Waals surface area contributed by atoms with Crippen LogP contribution in [0.4, 0.5) is 0 Å². The SMILES string of the molecule is NC(=O)CCC(N)C(=O)NCCOc1c(I)cc(I)cc1I. The van der Waals surface area contributed by atoms with Crippen LogP contribution in [-0.2, 0) is 9.59 Å². The van der Waals surface area contributed by atoms with E-state index >= 15 is 0 Å². The van der Waals surface area contributed by atoms with Gasteiger partial charge in [0.25, 0.3) is 0 Å². The van der Waals surface area contributed by atoms with Gasteiger partial charge in [0.05, 0.1) is 19.7 Å². The lowest BCUT2D eigenvalue weighted by Crippen LogP contribution is -2.42. The summed E-state index contributed by atoms with van der Waals surface area (Å²) in [5.74, 6) is 0.0418. The van der Waals surface area contributed by atoms with Crippen LogP contribution in [0.1, 0.15) is 12.8 Å². The highest BCUT2D eigenvalue weighted by atomic mass is 127. The van der Waals surface area contributed by atoms with Gasteiger partial charge in [-0.3, -0.25) is 9.59 Å². The second kappa shape index (κ2) is 10.1. The third-order valence-electron chi connectivity index (χ3n) is 2.65. The summed E-state index contributed by atoms with van der Waals surface area (Å²) < 4.78 is 8.90. The third kappa shape index (κ3) is 7.12. The van der Waals surface area contributed by atoms with Crippen LogP contribution in [0.5, 0.6) is 5.75 Å². The molecule has 0 aliphatic heterocycles. The van der Waals surface area contributed by atoms with Gasteiger partial charge in [0.15, 0.2) is 0 Å². The summed E-state index contributed by atoms with van der Waals surface area (Å²) in [6.45, 7) is 0.697. The van der Waals surface area contributed by atoms with Crippen LogP contribution in [-0.4, -0.2) is 31.0 Å². The first-order valence-electron chi connectivity index (χ1n) is 6.40. The number of rotatable bonds is 8. The Morgan fingerprint density at radius 2 is 1.82 bits per heavy atom. The monoisotopic (exact) mass is 643 g/mol. The molecule has 0 fully saturated rings. The Bertz CT molecular complexity index is 532. The summed E-state index contributed by atoms with van der Waals surface area (Å²) in [7, 11) is 0. The first-order valence-corrected chi connectivity index (χ1v) is 9.63. The average molecular weight is 643 g/mol. The molecule has 22 heavy (non-hydrogen) atoms. The summed E-state index contributed by atoms with van der Waals surface area (Å²) in [5, 5.41) is 2.68. The van der Waals surface area contributed by atoms with Gasteiger partial charge in [-0.2, -0.15) is 0 Å². The Balaban J connectivity index is 2.36. The lowest BCUT2D eigenvalue weighted by atomic mass is 10.1. The molecule has 9 heteroatoms. The fraction of sp³-hybridized carbons (Fsp3) is 0.385. The lowest BCUT2D eigenvalue weighted by molar-refractivity contribution is -0.123. The van der Waals surface area contributed by atoms with Crippen molar-refractivity contribution in [3.8, 4) is 5.75 Å². The van der Waals surface area contributed by atoms with Crippen molar-refractivity contribution in [2.24, 2.45) is 11.5 Å². The molecule has 0 bridgehead atoms. The highest BCUT2D eigenvalue weighted by Crippen LogP contribution is 2.29. The zero-order valence-electron chi connectivity index (χ0n) is 11.6. The van der Waals surface area contributed by atoms with E-state index in [9.17, 15) is 9.59 Å². The van der Waals surface area contributed by atoms with Crippen molar-refractivity contribution in [2.45, 2.75) is 18.9 Å². The topological polar surface area (TPSA) is 107 Å². The minimum Gasteiger partial charge on any atom is -0.490 e. The number of hydrogen-bond donors (Lipinski definition) is 3. The van der Waals surface area contributed by atoms with Crippen molar-refractivity contribution < 1.29 is 14.3 Å². The van der Waals surface area contributed by atoms with Gasteiger partial charge in [0.1, 0.15) is 12.4 Å². The van der Waals surface area contributed by atoms with E-state index in [1.54, 1.807) is 0 Å². The number of benzene rings is 1. The molecule has 6 nitrogen and oxygen atoms in total. The number of hydrogen-bond acceptors (Lipinski definition) is 4. The molecule has 2 amide bonds. The largest absolute Gasteiger partial charge is 0.490 e. The highest BCUT2D eigenvalue weighted by molar-refractivity contribution is 14.1. The van der Waals surface area contributed by atoms with E-state index in [2.05, 4.69) is 73.1 Å². The Morgan fingerprint density at radius 1 is 1.23 bits per heavy atom. The number of halogens is 3. The fourth-order valence-electron chi connectivity index (χ4n) is 1.55. The van der Waals surface area contributed by atoms with Crippen LogP contribution in [0.15, 0.2) is 12.1 Å². The van der Waals surface area contributed by atoms with Crippen molar-refractivity contribution in [3.05, 3.63) is 22.8 Å². The van der Waals surface area contributed by atoms with Crippen LogP contribution in [0.3, 0.4) is 0 Å². The molecule has 1 unspecified atom stereocenters. The lowest BCUT2D eigenvalue weighted by Gasteiger charge is -2.13. The first-order chi connectivity index (χ1) is 10.3. The number of amides is 2. The van der Waals surface area contributed by atoms with Crippen molar-refractivity contribution >= 4 is 79.6 Å². The molecule has 0 saturated heterocycles. The maximum Gasteiger partial charge on any atom is 0.237 e. The predicted molar refractivity (Wildman–Crippen MR) is 110 cm³/mol. The van der Waals surface area contributed by atoms with E-state index in [0.29, 0.717) is 13.2 Å². The summed E-state index contributed by atoms with van der Waals surface area (Å²) in [6, 6.07) is 3.32. The molecule has 122 valence electrons. The molecule has 0 radical (unpaired) electrons. The average Bonchev–Trinajstić information content (AvgIpc) is 2.42. The van der Waals surface area contributed by atoms with Gasteiger partial charge in [-0.15, -0.1) is 0 Å². The van der Waals surface area contributed by atoms with E-state index in [-0.39, 0.29) is 18.7 Å². The van der Waals surface area contributed by atoms with E-state index in [1.165, 1.54) is 0 Å². The maximum absolute atomic E-state index is 11.7. The standard InChI is InChI=1S/C13H16I3N3O3/c14-7-5-8(15)12(9(16)6-7)22-4-3-19-13(21)10(17)1-2-11(18)20/h5-6,10H,1-4,17H2,(H2,18,20)(H,19,21). The number of carbonyl (C=O) groups is 2. The molecule has 0 aliphatic carbocycles. The second-order valence-corrected chi connectivity index (χ2v) is 8.02. The van der Waals surface area contributed by atoms with Crippen LogP contribution in [0.2, 0.25) is 0 Å². The zero-order chi connectivity index (χ0) is 16.7. The summed E-state index contributed by atoms with van der Waals surface area (Å²) in [4.78, 5) is 22.3. The molecule has 0 aromatic heterocycles. The third-order valence-corrected chi connectivity index (χ3v) is 4.87. The predicted octanol–water partition coefficient (Wildman–Crippen LogP) is 1.59. The molecule has 1 atom stereocenters. The molecule has 1 rings (SSSR count). The van der Waals surface area contributed by atoms with Crippen LogP contribution < -0.4 is 21.5 Å². The summed E-state index contributed by atoms with van der Waals surface area (Å²) in [6.07, 6.45) is 0.346. The molecule has 0 heterocycles. The van der Waals surface area contributed by atoms with Crippen molar-refractivity contribution in [1.82, 2.24) is 5.32 Å². The zero-order valence-corrected chi connectivity index (χ0v) is 18.0. The Morgan fingerprint density at radius 3 is 2.36 bits per heavy atom. The molecule has 1 aromatic rings. The Labute approximate surface area is 169 Å². The number of carbonyl (C=O) groups excluding carboxylic acids is 2. The summed E-state index contributed by atoms with van der Waals surface area (Å²) in [5.41, 5.74) is 10.7. The Hall–Kier alpha value is 0.110. The molecule has 0 saturated carbocycles. The van der Waals surface area contributed by atoms with Crippen LogP contribution in [0, 0.1) is 10.7 Å². The first kappa shape index (κ1) is 20.2. The van der Waals surface area contributed by atoms with E-state index in [4.69, 9.17) is 16.2 Å². The molecule has 1 aromatic carbocycles. The molecular formula is C13H16I3N3O3. The maximum atomic E-state index is 11.7. The van der Waals surface area contributed by atoms with Crippen molar-refractivity contribution in [1.29, 1.82) is 0 Å². The van der Waals surface area contributed by atoms with Crippen LogP contribution in [0.25, 0.3) is 0 Å². The quantitative estimate of drug-likeness (QED) is 0.296. The number of ether oxygens (including phenoxy) is 1. The normalized spacial score (nSPS) is 11.8. The molecule has 5 N–H and O–H groups in total. The van der Waals surface area contributed by atoms with Gasteiger partial charge in [-0.25, -0.2) is 0 Å². The molecule has 0 aliphatic rings. The van der Waals surface area contributed by atoms with Gasteiger partial charge in [0, 0.05) is 9.99 Å². The number of nitrogens with one attached hydrogen (secondary N) is 1. The van der Waals surface area contributed by atoms with Crippen molar-refractivity contribution in [2.75, 3.05) is 13.2 Å². The highest BCUT2D eigenvalue weighted by Gasteiger charge is 2.14. The van der Waals surface area contributed by atoms with Gasteiger partial charge < -0.3 is 21.5 Å². The Kier molecular flexibility index (Phi) is 9.23. The minimum absolute atomic E-state index is 0.101. The van der Waals surface area contributed by atoms with E-state index in [1.807, 2.05) is 12.1 Å². The number of nitrogens with two attached hydrogens (primary N) is 2. The van der Waals surface area contributed by atoms with E-state index in [0.717, 1.165) is 16.5 Å². The molecular weight excluding hydrogens is 627 g/mol. The molecule has 0 spiro atoms. The smallest absolute Gasteiger partial charge is 0.237 e. The number of primary amides is 1. The second-order valence-electron chi connectivity index (χ2n) is 4.45.